The summed E-state index contributed by atoms with van der Waals surface area (Å²) in [6.07, 6.45) is -13.9. The first-order chi connectivity index (χ1) is 7.75. The minimum Gasteiger partial charge on any atom is -0.260 e. The van der Waals surface area contributed by atoms with Crippen LogP contribution in [0.5, 0.6) is 0 Å². The zero-order valence-corrected chi connectivity index (χ0v) is 8.65. The molecule has 0 aliphatic carbocycles. The van der Waals surface area contributed by atoms with Gasteiger partial charge in [-0.15, -0.1) is 0 Å². The second-order valence-electron chi connectivity index (χ2n) is 2.56. The Labute approximate surface area is 96.6 Å². The number of hydrogen-bond acceptors (Lipinski definition) is 2. The highest BCUT2D eigenvalue weighted by atomic mass is 32.3. The Hall–Kier alpha value is -0.860. The number of hydrogen-bond donors (Lipinski definition) is 1. The van der Waals surface area contributed by atoms with E-state index in [9.17, 15) is 47.8 Å². The molecule has 0 aromatic heterocycles. The highest BCUT2D eigenvalue weighted by molar-refractivity contribution is 7.80. The number of halogens is 11. The fourth-order valence-electron chi connectivity index (χ4n) is 0.356. The van der Waals surface area contributed by atoms with E-state index in [2.05, 4.69) is 0 Å². The van der Waals surface area contributed by atoms with Crippen molar-refractivity contribution in [1.29, 1.82) is 0 Å². The molecule has 0 saturated heterocycles. The summed E-state index contributed by atoms with van der Waals surface area (Å²) in [7, 11) is -5.17. The molecule has 0 unspecified atom stereocenters. The third-order valence-corrected chi connectivity index (χ3v) is 1.11. The summed E-state index contributed by atoms with van der Waals surface area (Å²) in [5.41, 5.74) is 0. The van der Waals surface area contributed by atoms with Gasteiger partial charge in [-0.05, 0) is 0 Å². The predicted octanol–water partition coefficient (Wildman–Crippen LogP) is 3.14. The van der Waals surface area contributed by atoms with Crippen LogP contribution in [0.25, 0.3) is 0 Å². The summed E-state index contributed by atoms with van der Waals surface area (Å²) in [5.74, 6) is -14.3. The molecule has 0 aromatic rings. The Morgan fingerprint density at radius 3 is 0.789 bits per heavy atom. The molecule has 118 valence electrons. The first-order valence-electron chi connectivity index (χ1n) is 3.31. The lowest BCUT2D eigenvalue weighted by Crippen LogP contribution is -2.59. The van der Waals surface area contributed by atoms with Crippen molar-refractivity contribution in [3.8, 4) is 0 Å². The van der Waals surface area contributed by atoms with E-state index in [1.807, 2.05) is 0 Å². The van der Waals surface area contributed by atoms with Crippen molar-refractivity contribution in [2.75, 3.05) is 0 Å². The van der Waals surface area contributed by atoms with Crippen LogP contribution in [-0.4, -0.2) is 37.2 Å². The first kappa shape index (κ1) is 20.5. The van der Waals surface area contributed by atoms with E-state index in [0.29, 0.717) is 0 Å². The topological polar surface area (TPSA) is 54.4 Å². The third kappa shape index (κ3) is 5.75. The maximum Gasteiger partial charge on any atom is 0.460 e. The van der Waals surface area contributed by atoms with Crippen LogP contribution in [0.3, 0.4) is 0 Å². The van der Waals surface area contributed by atoms with E-state index < -0.39 is 34.7 Å². The minimum atomic E-state index is -7.14. The third-order valence-electron chi connectivity index (χ3n) is 1.11. The van der Waals surface area contributed by atoms with E-state index >= 15 is 0 Å². The summed E-state index contributed by atoms with van der Waals surface area (Å²) in [5, 5.41) is 0. The summed E-state index contributed by atoms with van der Waals surface area (Å²) >= 11 is 0. The lowest BCUT2D eigenvalue weighted by atomic mass is 10.1. The maximum atomic E-state index is 11.6. The monoisotopic (exact) mass is 338 g/mol. The molecule has 0 amide bonds. The molecule has 0 radical (unpaired) electrons. The molecule has 3 nitrogen and oxygen atoms in total. The SMILES string of the molecule is FC(F)(F)C(F)(F)C(F)(F)C(F)(F)F.O=S(=O)(O)F. The molecule has 0 aromatic carbocycles. The second kappa shape index (κ2) is 5.26. The van der Waals surface area contributed by atoms with E-state index in [1.165, 1.54) is 0 Å². The molecular formula is C4HF11O3S. The molecular weight excluding hydrogens is 337 g/mol. The van der Waals surface area contributed by atoms with Crippen molar-refractivity contribution in [3.05, 3.63) is 0 Å². The molecule has 0 atom stereocenters. The molecule has 1 N–H and O–H groups in total. The quantitative estimate of drug-likeness (QED) is 0.454. The van der Waals surface area contributed by atoms with Gasteiger partial charge in [0.25, 0.3) is 0 Å². The molecule has 0 saturated carbocycles. The van der Waals surface area contributed by atoms with Crippen molar-refractivity contribution in [3.63, 3.8) is 0 Å². The molecule has 19 heavy (non-hydrogen) atoms. The standard InChI is InChI=1S/C4F10.FHO3S/c5-1(6,3(9,10)11)2(7,8)4(12,13)14;1-5(2,3)4/h;(H,2,3,4). The zero-order valence-electron chi connectivity index (χ0n) is 7.83. The first-order valence-corrected chi connectivity index (χ1v) is 4.65. The van der Waals surface area contributed by atoms with Gasteiger partial charge in [-0.25, -0.2) is 0 Å². The molecule has 0 spiro atoms. The highest BCUT2D eigenvalue weighted by Crippen LogP contribution is 2.53. The lowest BCUT2D eigenvalue weighted by molar-refractivity contribution is -0.419. The summed E-state index contributed by atoms with van der Waals surface area (Å²) in [6.45, 7) is 0. The largest absolute Gasteiger partial charge is 0.460 e. The van der Waals surface area contributed by atoms with Gasteiger partial charge in [0.1, 0.15) is 0 Å². The predicted molar refractivity (Wildman–Crippen MR) is 34.7 cm³/mol. The molecule has 0 aliphatic rings. The van der Waals surface area contributed by atoms with Gasteiger partial charge in [-0.2, -0.15) is 52.3 Å². The summed E-state index contributed by atoms with van der Waals surface area (Å²) in [6, 6.07) is 0. The van der Waals surface area contributed by atoms with Gasteiger partial charge in [-0.1, -0.05) is 3.89 Å². The van der Waals surface area contributed by atoms with Crippen LogP contribution in [0, 0.1) is 0 Å². The van der Waals surface area contributed by atoms with Crippen LogP contribution in [0.15, 0.2) is 0 Å². The second-order valence-corrected chi connectivity index (χ2v) is 3.38. The average molecular weight is 338 g/mol. The molecule has 0 bridgehead atoms. The van der Waals surface area contributed by atoms with Gasteiger partial charge in [0, 0.05) is 0 Å². The van der Waals surface area contributed by atoms with Gasteiger partial charge in [0.15, 0.2) is 0 Å². The number of rotatable bonds is 1. The van der Waals surface area contributed by atoms with E-state index in [1.54, 1.807) is 0 Å². The Kier molecular flexibility index (Phi) is 5.66. The Bertz CT molecular complexity index is 357. The zero-order chi connectivity index (χ0) is 16.5. The summed E-state index contributed by atoms with van der Waals surface area (Å²) in [4.78, 5) is 0. The van der Waals surface area contributed by atoms with Crippen molar-refractivity contribution in [2.45, 2.75) is 24.2 Å². The smallest absolute Gasteiger partial charge is 0.260 e. The normalized spacial score (nSPS) is 14.7. The highest BCUT2D eigenvalue weighted by Gasteiger charge is 2.82. The van der Waals surface area contributed by atoms with Crippen molar-refractivity contribution in [1.82, 2.24) is 0 Å². The van der Waals surface area contributed by atoms with Gasteiger partial charge in [-0.3, -0.25) is 4.55 Å². The van der Waals surface area contributed by atoms with Crippen LogP contribution in [-0.2, 0) is 10.5 Å². The minimum absolute atomic E-state index is 5.17. The van der Waals surface area contributed by atoms with Crippen molar-refractivity contribution in [2.24, 2.45) is 0 Å². The average Bonchev–Trinajstić information content (AvgIpc) is 1.95. The Morgan fingerprint density at radius 2 is 0.737 bits per heavy atom. The van der Waals surface area contributed by atoms with Crippen LogP contribution in [0.4, 0.5) is 47.8 Å². The molecule has 0 fully saturated rings. The van der Waals surface area contributed by atoms with E-state index in [4.69, 9.17) is 13.0 Å². The van der Waals surface area contributed by atoms with Crippen LogP contribution >= 0.6 is 0 Å². The number of alkyl halides is 10. The molecule has 0 aliphatic heterocycles. The Balaban J connectivity index is 0. The Morgan fingerprint density at radius 1 is 0.632 bits per heavy atom. The van der Waals surface area contributed by atoms with Crippen LogP contribution in [0.2, 0.25) is 0 Å². The maximum absolute atomic E-state index is 11.6. The van der Waals surface area contributed by atoms with Gasteiger partial charge in [0.05, 0.1) is 0 Å². The fraction of sp³-hybridized carbons (Fsp3) is 1.00. The van der Waals surface area contributed by atoms with Gasteiger partial charge >= 0.3 is 34.7 Å². The lowest BCUT2D eigenvalue weighted by Gasteiger charge is -2.29. The fourth-order valence-corrected chi connectivity index (χ4v) is 0.356. The van der Waals surface area contributed by atoms with E-state index in [-0.39, 0.29) is 0 Å². The summed E-state index contributed by atoms with van der Waals surface area (Å²) < 4.78 is 147. The van der Waals surface area contributed by atoms with Crippen LogP contribution in [0.1, 0.15) is 0 Å². The molecule has 15 heteroatoms. The van der Waals surface area contributed by atoms with Crippen LogP contribution < -0.4 is 0 Å². The molecule has 0 heterocycles. The van der Waals surface area contributed by atoms with Gasteiger partial charge in [0.2, 0.25) is 0 Å². The van der Waals surface area contributed by atoms with E-state index in [0.717, 1.165) is 0 Å². The van der Waals surface area contributed by atoms with Crippen molar-refractivity contribution < 1.29 is 60.8 Å². The van der Waals surface area contributed by atoms with Gasteiger partial charge < -0.3 is 0 Å². The van der Waals surface area contributed by atoms with Crippen molar-refractivity contribution >= 4 is 10.5 Å². The molecule has 0 rings (SSSR count).